The molecule has 2 aliphatic rings. The maximum absolute atomic E-state index is 13.0. The molecule has 4 atom stereocenters. The largest absolute Gasteiger partial charge is 0.383 e. The number of anilines is 4. The van der Waals surface area contributed by atoms with E-state index in [0.29, 0.717) is 45.4 Å². The Hall–Kier alpha value is -6.18. The van der Waals surface area contributed by atoms with Gasteiger partial charge in [-0.25, -0.2) is 28.7 Å². The maximum atomic E-state index is 13.0. The minimum absolute atomic E-state index is 0.279. The van der Waals surface area contributed by atoms with Crippen LogP contribution in [0.15, 0.2) is 85.7 Å². The molecule has 240 valence electrons. The van der Waals surface area contributed by atoms with Gasteiger partial charge in [0.2, 0.25) is 11.8 Å². The summed E-state index contributed by atoms with van der Waals surface area (Å²) in [6.07, 6.45) is 8.36. The van der Waals surface area contributed by atoms with Crippen LogP contribution >= 0.6 is 0 Å². The normalized spacial score (nSPS) is 19.2. The van der Waals surface area contributed by atoms with Gasteiger partial charge in [-0.15, -0.1) is 0 Å². The first-order chi connectivity index (χ1) is 23.2. The van der Waals surface area contributed by atoms with Crippen molar-refractivity contribution in [2.45, 2.75) is 25.2 Å². The number of nitrogens with two attached hydrogens (primary N) is 2. The summed E-state index contributed by atoms with van der Waals surface area (Å²) in [5, 5.41) is 8.25. The molecule has 0 spiro atoms. The van der Waals surface area contributed by atoms with Crippen molar-refractivity contribution < 1.29 is 18.4 Å². The lowest BCUT2D eigenvalue weighted by Crippen LogP contribution is -2.15. The van der Waals surface area contributed by atoms with Gasteiger partial charge in [0.25, 0.3) is 0 Å². The van der Waals surface area contributed by atoms with Crippen LogP contribution in [0.2, 0.25) is 0 Å². The van der Waals surface area contributed by atoms with Crippen LogP contribution in [-0.2, 0) is 9.59 Å². The van der Waals surface area contributed by atoms with Crippen LogP contribution in [0.1, 0.15) is 12.8 Å². The third-order valence-electron chi connectivity index (χ3n) is 8.01. The Morgan fingerprint density at radius 1 is 0.667 bits per heavy atom. The molecule has 6 aromatic rings. The van der Waals surface area contributed by atoms with Crippen molar-refractivity contribution in [3.63, 3.8) is 0 Å². The maximum Gasteiger partial charge on any atom is 0.231 e. The fourth-order valence-corrected chi connectivity index (χ4v) is 5.12. The number of rotatable bonds is 6. The highest BCUT2D eigenvalue weighted by Crippen LogP contribution is 2.36. The molecular weight excluding hydrogens is 618 g/mol. The van der Waals surface area contributed by atoms with Crippen LogP contribution in [0.5, 0.6) is 0 Å². The second-order valence-corrected chi connectivity index (χ2v) is 11.5. The monoisotopic (exact) mass is 646 g/mol. The lowest BCUT2D eigenvalue weighted by molar-refractivity contribution is -0.118. The van der Waals surface area contributed by atoms with Crippen molar-refractivity contribution in [1.29, 1.82) is 0 Å². The molecule has 6 heterocycles. The Labute approximate surface area is 272 Å². The van der Waals surface area contributed by atoms with Crippen LogP contribution in [0, 0.1) is 11.8 Å². The van der Waals surface area contributed by atoms with Crippen molar-refractivity contribution in [1.82, 2.24) is 29.9 Å². The highest BCUT2D eigenvalue weighted by Gasteiger charge is 2.44. The number of hydrogen-bond donors (Lipinski definition) is 4. The third kappa shape index (κ3) is 6.54. The van der Waals surface area contributed by atoms with Crippen LogP contribution in [0.3, 0.4) is 0 Å². The van der Waals surface area contributed by atoms with E-state index < -0.39 is 24.2 Å². The van der Waals surface area contributed by atoms with E-state index in [0.717, 1.165) is 21.9 Å². The molecule has 2 amide bonds. The first-order valence-corrected chi connectivity index (χ1v) is 15.1. The number of carbonyl (C=O) groups is 2. The number of nitrogen functional groups attached to an aromatic ring is 2. The van der Waals surface area contributed by atoms with Crippen molar-refractivity contribution >= 4 is 56.6 Å². The fraction of sp³-hybridized carbons (Fsp3) is 0.176. The second-order valence-electron chi connectivity index (χ2n) is 11.5. The topological polar surface area (TPSA) is 188 Å². The number of aromatic nitrogens is 6. The summed E-state index contributed by atoms with van der Waals surface area (Å²) in [7, 11) is 0. The molecule has 0 aromatic carbocycles. The Morgan fingerprint density at radius 3 is 1.44 bits per heavy atom. The summed E-state index contributed by atoms with van der Waals surface area (Å²) in [4.78, 5) is 48.9. The third-order valence-corrected chi connectivity index (χ3v) is 8.01. The number of halogens is 2. The Kier molecular flexibility index (Phi) is 7.97. The van der Waals surface area contributed by atoms with Crippen LogP contribution in [0.4, 0.5) is 32.1 Å². The molecule has 48 heavy (non-hydrogen) atoms. The van der Waals surface area contributed by atoms with Gasteiger partial charge in [0.1, 0.15) is 35.6 Å². The highest BCUT2D eigenvalue weighted by atomic mass is 19.1. The van der Waals surface area contributed by atoms with E-state index in [1.807, 2.05) is 36.4 Å². The summed E-state index contributed by atoms with van der Waals surface area (Å²) in [5.41, 5.74) is 15.1. The minimum Gasteiger partial charge on any atom is -0.383 e. The number of hydrogen-bond acceptors (Lipinski definition) is 10. The van der Waals surface area contributed by atoms with E-state index in [9.17, 15) is 18.4 Å². The molecule has 14 heteroatoms. The summed E-state index contributed by atoms with van der Waals surface area (Å²) in [5.74, 6) is -0.367. The van der Waals surface area contributed by atoms with Crippen LogP contribution in [0.25, 0.3) is 44.1 Å². The number of carbonyl (C=O) groups excluding carboxylic acids is 2. The Balaban J connectivity index is 0.000000152. The first-order valence-electron chi connectivity index (χ1n) is 15.1. The quantitative estimate of drug-likeness (QED) is 0.189. The zero-order valence-electron chi connectivity index (χ0n) is 25.2. The molecule has 2 fully saturated rings. The molecule has 12 nitrogen and oxygen atoms in total. The minimum atomic E-state index is -1.04. The van der Waals surface area contributed by atoms with E-state index in [2.05, 4.69) is 40.5 Å². The lowest BCUT2D eigenvalue weighted by atomic mass is 10.1. The van der Waals surface area contributed by atoms with Crippen LogP contribution < -0.4 is 22.1 Å². The van der Waals surface area contributed by atoms with E-state index in [-0.39, 0.29) is 24.7 Å². The summed E-state index contributed by atoms with van der Waals surface area (Å²) < 4.78 is 25.9. The summed E-state index contributed by atoms with van der Waals surface area (Å²) in [6.45, 7) is 0. The van der Waals surface area contributed by atoms with Gasteiger partial charge in [0.15, 0.2) is 0 Å². The second kappa shape index (κ2) is 12.5. The molecule has 8 rings (SSSR count). The Bertz CT molecular complexity index is 2020. The fourth-order valence-electron chi connectivity index (χ4n) is 5.12. The molecule has 6 N–H and O–H groups in total. The number of alkyl halides is 2. The standard InChI is InChI=1S/2C17H14FN5O/c2*18-13-6-11(13)17(24)23-15-5-10-4-14(9-2-1-3-20-7-9)22-16(19)12(10)8-21-15/h2*1-5,7-8,11,13H,6H2,(H2,19,22)(H,21,23,24)/t2*11-,13-/m10/s1. The van der Waals surface area contributed by atoms with Gasteiger partial charge in [0, 0.05) is 59.1 Å². The predicted octanol–water partition coefficient (Wildman–Crippen LogP) is 5.14. The highest BCUT2D eigenvalue weighted by molar-refractivity contribution is 5.99. The van der Waals surface area contributed by atoms with Crippen molar-refractivity contribution in [2.75, 3.05) is 22.1 Å². The smallest absolute Gasteiger partial charge is 0.231 e. The molecule has 2 aliphatic carbocycles. The van der Waals surface area contributed by atoms with Gasteiger partial charge < -0.3 is 22.1 Å². The molecule has 0 bridgehead atoms. The van der Waals surface area contributed by atoms with Crippen molar-refractivity contribution in [3.8, 4) is 22.5 Å². The van der Waals surface area contributed by atoms with E-state index in [1.54, 1.807) is 49.3 Å². The molecule has 6 aromatic heterocycles. The zero-order valence-corrected chi connectivity index (χ0v) is 25.2. The van der Waals surface area contributed by atoms with E-state index >= 15 is 0 Å². The number of fused-ring (bicyclic) bond motifs is 2. The van der Waals surface area contributed by atoms with Gasteiger partial charge in [-0.3, -0.25) is 19.6 Å². The average molecular weight is 647 g/mol. The van der Waals surface area contributed by atoms with Crippen molar-refractivity contribution in [2.24, 2.45) is 11.8 Å². The summed E-state index contributed by atoms with van der Waals surface area (Å²) in [6, 6.07) is 14.5. The van der Waals surface area contributed by atoms with Crippen molar-refractivity contribution in [3.05, 3.63) is 85.7 Å². The molecule has 2 saturated carbocycles. The molecule has 0 unspecified atom stereocenters. The predicted molar refractivity (Wildman–Crippen MR) is 178 cm³/mol. The van der Waals surface area contributed by atoms with Gasteiger partial charge in [0.05, 0.1) is 23.2 Å². The first kappa shape index (κ1) is 30.5. The van der Waals surface area contributed by atoms with Gasteiger partial charge in [-0.1, -0.05) is 0 Å². The molecule has 0 radical (unpaired) electrons. The van der Waals surface area contributed by atoms with Crippen LogP contribution in [-0.4, -0.2) is 54.1 Å². The number of pyridine rings is 6. The van der Waals surface area contributed by atoms with E-state index in [1.165, 1.54) is 0 Å². The molecule has 0 saturated heterocycles. The van der Waals surface area contributed by atoms with Gasteiger partial charge in [-0.05, 0) is 72.1 Å². The van der Waals surface area contributed by atoms with Gasteiger partial charge in [-0.2, -0.15) is 0 Å². The lowest BCUT2D eigenvalue weighted by Gasteiger charge is -2.08. The molecule has 0 aliphatic heterocycles. The summed E-state index contributed by atoms with van der Waals surface area (Å²) >= 11 is 0. The Morgan fingerprint density at radius 2 is 1.08 bits per heavy atom. The van der Waals surface area contributed by atoms with E-state index in [4.69, 9.17) is 11.5 Å². The molecular formula is C34H28F2N10O2. The number of nitrogens with zero attached hydrogens (tertiary/aromatic N) is 6. The van der Waals surface area contributed by atoms with Gasteiger partial charge >= 0.3 is 0 Å². The number of amides is 2. The SMILES string of the molecule is Nc1nc(-c2cccnc2)cc2cc(NC(=O)[C@@H]3C[C@H]3F)ncc12.Nc1nc(-c2cccnc2)cc2cc(NC(=O)[C@H]3C[C@@H]3F)ncc12. The number of nitrogens with one attached hydrogen (secondary N) is 2. The zero-order chi connectivity index (χ0) is 33.4. The average Bonchev–Trinajstić information content (AvgIpc) is 4.02.